The van der Waals surface area contributed by atoms with Gasteiger partial charge in [-0.3, -0.25) is 53.0 Å². The Balaban J connectivity index is -0.000000364. The molecule has 0 atom stereocenters. The van der Waals surface area contributed by atoms with Crippen molar-refractivity contribution in [3.8, 4) is 37.0 Å². The third-order valence-electron chi connectivity index (χ3n) is 6.06. The van der Waals surface area contributed by atoms with Crippen LogP contribution < -0.4 is 15.5 Å². The van der Waals surface area contributed by atoms with E-state index in [1.54, 1.807) is 30.3 Å². The molecule has 0 spiro atoms. The summed E-state index contributed by atoms with van der Waals surface area (Å²) in [6, 6.07) is 15.0. The Morgan fingerprint density at radius 2 is 0.788 bits per heavy atom. The highest BCUT2D eigenvalue weighted by atomic mass is 16.6. The number of imide groups is 2. The number of terminal acetylenes is 3. The zero-order valence-corrected chi connectivity index (χ0v) is 36.9. The number of carboxylic acids is 3. The molecule has 348 valence electrons. The zero-order valence-electron chi connectivity index (χ0n) is 36.9. The molecule has 0 aliphatic rings. The maximum Gasteiger partial charge on any atom is 0.373 e. The van der Waals surface area contributed by atoms with Crippen LogP contribution in [-0.4, -0.2) is 86.9 Å². The number of benzene rings is 3. The van der Waals surface area contributed by atoms with E-state index in [9.17, 15) is 47.9 Å². The number of esters is 4. The van der Waals surface area contributed by atoms with E-state index >= 15 is 0 Å². The second kappa shape index (κ2) is 34.1. The van der Waals surface area contributed by atoms with Crippen molar-refractivity contribution in [2.75, 3.05) is 15.5 Å². The fourth-order valence-corrected chi connectivity index (χ4v) is 4.12. The normalized spacial score (nSPS) is 8.39. The third-order valence-corrected chi connectivity index (χ3v) is 6.06. The number of amides is 4. The Hall–Kier alpha value is -9.51. The van der Waals surface area contributed by atoms with Crippen LogP contribution in [0.25, 0.3) is 0 Å². The quantitative estimate of drug-likeness (QED) is 0.126. The number of aliphatic carboxylic acids is 1. The number of nitrogens with zero attached hydrogens (tertiary/aromatic N) is 2. The minimum atomic E-state index is -1.18. The lowest BCUT2D eigenvalue weighted by Gasteiger charge is -2.18. The summed E-state index contributed by atoms with van der Waals surface area (Å²) < 4.78 is 7.94. The first-order chi connectivity index (χ1) is 30.4. The average Bonchev–Trinajstić information content (AvgIpc) is 3.17. The lowest BCUT2D eigenvalue weighted by atomic mass is 10.1. The Kier molecular flexibility index (Phi) is 32.6. The Morgan fingerprint density at radius 1 is 0.485 bits per heavy atom. The van der Waals surface area contributed by atoms with Gasteiger partial charge in [-0.05, 0) is 54.6 Å². The fraction of sp³-hybridized carbons (Fsp3) is 0.200. The molecule has 3 aromatic rings. The van der Waals surface area contributed by atoms with Crippen molar-refractivity contribution in [1.82, 2.24) is 0 Å². The summed E-state index contributed by atoms with van der Waals surface area (Å²) in [7, 11) is 0. The summed E-state index contributed by atoms with van der Waals surface area (Å²) in [6.45, 7) is 10.9. The van der Waals surface area contributed by atoms with Crippen molar-refractivity contribution >= 4 is 88.6 Å². The van der Waals surface area contributed by atoms with Crippen molar-refractivity contribution in [1.29, 1.82) is 0 Å². The molecule has 3 rings (SSSR count). The van der Waals surface area contributed by atoms with Gasteiger partial charge in [-0.25, -0.2) is 9.59 Å². The molecule has 21 nitrogen and oxygen atoms in total. The first kappa shape index (κ1) is 63.1. The van der Waals surface area contributed by atoms with Crippen molar-refractivity contribution in [3.05, 3.63) is 88.5 Å². The first-order valence-electron chi connectivity index (χ1n) is 17.7. The molecule has 5 N–H and O–H groups in total. The summed E-state index contributed by atoms with van der Waals surface area (Å²) in [6.07, 6.45) is 15.8. The minimum Gasteiger partial charge on any atom is -0.481 e. The van der Waals surface area contributed by atoms with Gasteiger partial charge in [0.05, 0.1) is 22.5 Å². The molecule has 0 aromatic heterocycles. The first-order valence-corrected chi connectivity index (χ1v) is 17.7. The van der Waals surface area contributed by atoms with Gasteiger partial charge in [-0.15, -0.1) is 19.3 Å². The van der Waals surface area contributed by atoms with Crippen LogP contribution in [0.4, 0.5) is 17.1 Å². The van der Waals surface area contributed by atoms with E-state index in [1.807, 2.05) is 0 Å². The third kappa shape index (κ3) is 31.4. The molecule has 0 saturated carbocycles. The highest BCUT2D eigenvalue weighted by molar-refractivity contribution is 6.14. The number of anilines is 3. The number of carbonyl (C=O) groups excluding carboxylic acids is 10. The van der Waals surface area contributed by atoms with E-state index in [0.29, 0.717) is 22.5 Å². The second-order valence-corrected chi connectivity index (χ2v) is 11.7. The number of rotatable bonds is 4. The largest absolute Gasteiger partial charge is 0.481 e. The van der Waals surface area contributed by atoms with Crippen molar-refractivity contribution in [3.63, 3.8) is 0 Å². The molecule has 4 amide bonds. The molecule has 3 aromatic carbocycles. The molecule has 0 aliphatic heterocycles. The van der Waals surface area contributed by atoms with Gasteiger partial charge in [0, 0.05) is 84.7 Å². The summed E-state index contributed by atoms with van der Waals surface area (Å²) in [5, 5.41) is 25.0. The van der Waals surface area contributed by atoms with Crippen LogP contribution in [0.5, 0.6) is 0 Å². The SMILES string of the molecule is C#Cc1cc(C(=O)O)cc(N(C(C)=O)C(C)=O)c1.C#Cc1cc(N)cc(C(=O)O)c1.C#Cc1cccc(N(C(C)=O)C(C)=O)c1.CC(=O)O.CC(=O)OC(C)=O.CC(=O)OC(C)=O.O=C=O. The van der Waals surface area contributed by atoms with Crippen LogP contribution >= 0.6 is 0 Å². The summed E-state index contributed by atoms with van der Waals surface area (Å²) in [4.78, 5) is 133. The molecular weight excluding hydrogens is 870 g/mol. The van der Waals surface area contributed by atoms with Gasteiger partial charge in [-0.2, -0.15) is 9.59 Å². The van der Waals surface area contributed by atoms with E-state index in [2.05, 4.69) is 27.2 Å². The van der Waals surface area contributed by atoms with E-state index in [-0.39, 0.29) is 40.3 Å². The summed E-state index contributed by atoms with van der Waals surface area (Å²) >= 11 is 0. The van der Waals surface area contributed by atoms with Crippen molar-refractivity contribution < 1.29 is 87.1 Å². The molecule has 0 aliphatic carbocycles. The van der Waals surface area contributed by atoms with Crippen LogP contribution in [0.1, 0.15) is 99.7 Å². The number of ether oxygens (including phenoxy) is 2. The van der Waals surface area contributed by atoms with Gasteiger partial charge in [0.1, 0.15) is 0 Å². The number of nitrogen functional groups attached to an aromatic ring is 1. The molecular formula is C45H45N3O18. The number of nitrogens with two attached hydrogens (primary N) is 1. The van der Waals surface area contributed by atoms with Crippen molar-refractivity contribution in [2.45, 2.75) is 62.3 Å². The number of hydrogen-bond acceptors (Lipinski definition) is 16. The van der Waals surface area contributed by atoms with Gasteiger partial charge < -0.3 is 30.5 Å². The molecule has 0 radical (unpaired) electrons. The molecule has 0 heterocycles. The van der Waals surface area contributed by atoms with E-state index in [0.717, 1.165) is 16.7 Å². The smallest absolute Gasteiger partial charge is 0.373 e. The van der Waals surface area contributed by atoms with Gasteiger partial charge in [0.2, 0.25) is 23.6 Å². The number of aromatic carboxylic acids is 2. The van der Waals surface area contributed by atoms with E-state index < -0.39 is 53.6 Å². The Morgan fingerprint density at radius 3 is 1.08 bits per heavy atom. The van der Waals surface area contributed by atoms with Crippen LogP contribution in [0.2, 0.25) is 0 Å². The highest BCUT2D eigenvalue weighted by Crippen LogP contribution is 2.20. The second-order valence-electron chi connectivity index (χ2n) is 11.7. The van der Waals surface area contributed by atoms with Crippen LogP contribution in [0, 0.1) is 37.0 Å². The molecule has 0 unspecified atom stereocenters. The highest BCUT2D eigenvalue weighted by Gasteiger charge is 2.19. The standard InChI is InChI=1S/C13H11NO4.C12H11NO2.C9H7NO2.2C4H6O3.C2H4O2.CO2/c1-4-10-5-11(13(17)18)7-12(6-10)14(8(2)15)9(3)16;1-4-11-6-5-7-12(8-11)13(9(2)14)10(3)15;1-2-6-3-7(9(11)12)5-8(10)4-6;2*1-3(5)7-4(2)6;1-2(3)4;2-1-3/h1,5-7H,2-3H3,(H,17,18);1,5-8H,2-3H3;1,3-5H,10H2,(H,11,12);2*1-2H3;1H3,(H,3,4);. The topological polar surface area (TPSA) is 334 Å². The number of carboxylic acid groups (broad SMARTS) is 3. The summed E-state index contributed by atoms with van der Waals surface area (Å²) in [5.41, 5.74) is 7.88. The van der Waals surface area contributed by atoms with Crippen LogP contribution in [-0.2, 0) is 62.2 Å². The molecule has 66 heavy (non-hydrogen) atoms. The Labute approximate surface area is 378 Å². The Bertz CT molecular complexity index is 2360. The minimum absolute atomic E-state index is 0.0760. The monoisotopic (exact) mass is 915 g/mol. The average molecular weight is 916 g/mol. The van der Waals surface area contributed by atoms with Gasteiger partial charge in [0.15, 0.2) is 0 Å². The molecule has 21 heteroatoms. The predicted octanol–water partition coefficient (Wildman–Crippen LogP) is 3.48. The zero-order chi connectivity index (χ0) is 52.4. The molecule has 0 fully saturated rings. The van der Waals surface area contributed by atoms with Crippen LogP contribution in [0.3, 0.4) is 0 Å². The molecule has 0 bridgehead atoms. The maximum absolute atomic E-state index is 11.4. The molecule has 0 saturated heterocycles. The fourth-order valence-electron chi connectivity index (χ4n) is 4.12. The lowest BCUT2D eigenvalue weighted by Crippen LogP contribution is -2.33. The predicted molar refractivity (Wildman–Crippen MR) is 232 cm³/mol. The van der Waals surface area contributed by atoms with Gasteiger partial charge >= 0.3 is 42.0 Å². The number of carbonyl (C=O) groups is 11. The number of hydrogen-bond donors (Lipinski definition) is 4. The summed E-state index contributed by atoms with van der Waals surface area (Å²) in [5.74, 6) is 0.103. The maximum atomic E-state index is 11.4. The van der Waals surface area contributed by atoms with Crippen molar-refractivity contribution in [2.24, 2.45) is 0 Å². The van der Waals surface area contributed by atoms with E-state index in [1.165, 1.54) is 85.7 Å². The van der Waals surface area contributed by atoms with Gasteiger partial charge in [-0.1, -0.05) is 23.8 Å². The lowest BCUT2D eigenvalue weighted by molar-refractivity contribution is -0.192. The van der Waals surface area contributed by atoms with Gasteiger partial charge in [0.25, 0.3) is 5.97 Å². The van der Waals surface area contributed by atoms with E-state index in [4.69, 9.17) is 54.7 Å². The van der Waals surface area contributed by atoms with Crippen LogP contribution in [0.15, 0.2) is 60.7 Å².